The molecule has 1 aliphatic heterocycles. The Morgan fingerprint density at radius 1 is 1.29 bits per heavy atom. The van der Waals surface area contributed by atoms with Crippen molar-refractivity contribution < 1.29 is 9.47 Å². The van der Waals surface area contributed by atoms with Crippen molar-refractivity contribution in [2.75, 3.05) is 0 Å². The molecule has 82 valence electrons. The molecule has 3 atom stereocenters. The molecule has 1 aliphatic rings. The quantitative estimate of drug-likeness (QED) is 0.649. The molecule has 0 N–H and O–H groups in total. The summed E-state index contributed by atoms with van der Waals surface area (Å²) in [4.78, 5) is 0. The van der Waals surface area contributed by atoms with Crippen LogP contribution in [0.1, 0.15) is 34.6 Å². The van der Waals surface area contributed by atoms with E-state index in [9.17, 15) is 0 Å². The minimum Gasteiger partial charge on any atom is -0.346 e. The van der Waals surface area contributed by atoms with Crippen molar-refractivity contribution in [3.8, 4) is 0 Å². The van der Waals surface area contributed by atoms with Gasteiger partial charge in [-0.15, -0.1) is 6.58 Å². The van der Waals surface area contributed by atoms with Crippen LogP contribution in [-0.4, -0.2) is 18.0 Å². The summed E-state index contributed by atoms with van der Waals surface area (Å²) in [6.07, 6.45) is 1.89. The Kier molecular flexibility index (Phi) is 3.38. The molecule has 14 heavy (non-hydrogen) atoms. The first-order valence-electron chi connectivity index (χ1n) is 5.41. The fraction of sp³-hybridized carbons (Fsp3) is 0.833. The summed E-state index contributed by atoms with van der Waals surface area (Å²) >= 11 is 0. The average molecular weight is 198 g/mol. The van der Waals surface area contributed by atoms with E-state index in [-0.39, 0.29) is 18.0 Å². The van der Waals surface area contributed by atoms with Gasteiger partial charge in [0.2, 0.25) is 0 Å². The van der Waals surface area contributed by atoms with E-state index in [1.807, 2.05) is 6.08 Å². The molecule has 0 bridgehead atoms. The van der Waals surface area contributed by atoms with Crippen LogP contribution in [0.25, 0.3) is 0 Å². The van der Waals surface area contributed by atoms with Crippen LogP contribution in [0.4, 0.5) is 0 Å². The molecule has 2 heteroatoms. The topological polar surface area (TPSA) is 18.5 Å². The third-order valence-corrected chi connectivity index (χ3v) is 3.06. The van der Waals surface area contributed by atoms with Crippen LogP contribution in [0.3, 0.4) is 0 Å². The fourth-order valence-corrected chi connectivity index (χ4v) is 1.98. The second-order valence-electron chi connectivity index (χ2n) is 4.72. The lowest BCUT2D eigenvalue weighted by Crippen LogP contribution is -2.41. The Morgan fingerprint density at radius 3 is 2.07 bits per heavy atom. The first kappa shape index (κ1) is 11.7. The van der Waals surface area contributed by atoms with E-state index >= 15 is 0 Å². The van der Waals surface area contributed by atoms with Crippen LogP contribution in [0, 0.1) is 11.8 Å². The third-order valence-electron chi connectivity index (χ3n) is 3.06. The summed E-state index contributed by atoms with van der Waals surface area (Å²) in [7, 11) is 0. The zero-order valence-electron chi connectivity index (χ0n) is 9.91. The Hall–Kier alpha value is -0.340. The molecule has 1 fully saturated rings. The maximum atomic E-state index is 5.99. The van der Waals surface area contributed by atoms with Crippen molar-refractivity contribution in [2.45, 2.75) is 52.6 Å². The van der Waals surface area contributed by atoms with Gasteiger partial charge in [0.1, 0.15) is 5.60 Å². The molecule has 0 aliphatic carbocycles. The summed E-state index contributed by atoms with van der Waals surface area (Å²) in [6, 6.07) is 0. The molecule has 0 radical (unpaired) electrons. The highest BCUT2D eigenvalue weighted by molar-refractivity contribution is 5.07. The molecule has 2 nitrogen and oxygen atoms in total. The van der Waals surface area contributed by atoms with Crippen LogP contribution in [0.2, 0.25) is 0 Å². The van der Waals surface area contributed by atoms with Gasteiger partial charge in [-0.25, -0.2) is 0 Å². The Labute approximate surface area is 87.3 Å². The minimum absolute atomic E-state index is 0.0902. The molecular weight excluding hydrogens is 176 g/mol. The molecule has 0 aromatic rings. The minimum atomic E-state index is -0.311. The maximum absolute atomic E-state index is 5.99. The number of ether oxygens (including phenoxy) is 2. The van der Waals surface area contributed by atoms with E-state index in [2.05, 4.69) is 41.2 Å². The third kappa shape index (κ3) is 1.73. The largest absolute Gasteiger partial charge is 0.346 e. The lowest BCUT2D eigenvalue weighted by atomic mass is 9.86. The van der Waals surface area contributed by atoms with Gasteiger partial charge in [-0.1, -0.05) is 33.8 Å². The molecule has 1 saturated heterocycles. The van der Waals surface area contributed by atoms with E-state index in [0.29, 0.717) is 11.8 Å². The summed E-state index contributed by atoms with van der Waals surface area (Å²) < 4.78 is 11.8. The van der Waals surface area contributed by atoms with E-state index in [1.54, 1.807) is 0 Å². The lowest BCUT2D eigenvalue weighted by molar-refractivity contribution is -0.113. The van der Waals surface area contributed by atoms with Crippen LogP contribution in [0.15, 0.2) is 12.7 Å². The van der Waals surface area contributed by atoms with Crippen molar-refractivity contribution >= 4 is 0 Å². The predicted molar refractivity (Wildman–Crippen MR) is 58.0 cm³/mol. The van der Waals surface area contributed by atoms with Crippen molar-refractivity contribution in [1.29, 1.82) is 0 Å². The van der Waals surface area contributed by atoms with E-state index < -0.39 is 0 Å². The summed E-state index contributed by atoms with van der Waals surface area (Å²) in [5, 5.41) is 0. The SMILES string of the molecule is C=C[C@]1(C(C)C)O[C@H](C(C)C)O[C@@H]1C. The first-order valence-corrected chi connectivity index (χ1v) is 5.41. The van der Waals surface area contributed by atoms with Crippen molar-refractivity contribution in [3.63, 3.8) is 0 Å². The van der Waals surface area contributed by atoms with Crippen LogP contribution in [0.5, 0.6) is 0 Å². The number of hydrogen-bond acceptors (Lipinski definition) is 2. The Balaban J connectivity index is 2.85. The normalized spacial score (nSPS) is 38.2. The highest BCUT2D eigenvalue weighted by Crippen LogP contribution is 2.39. The standard InChI is InChI=1S/C12H22O2/c1-7-12(9(4)5)10(6)13-11(14-12)8(2)3/h7-11H,1H2,2-6H3/t10-,11-,12-/m1/s1. The van der Waals surface area contributed by atoms with E-state index in [4.69, 9.17) is 9.47 Å². The highest BCUT2D eigenvalue weighted by atomic mass is 16.7. The summed E-state index contributed by atoms with van der Waals surface area (Å²) in [5.41, 5.74) is -0.311. The monoisotopic (exact) mass is 198 g/mol. The molecule has 0 aromatic heterocycles. The van der Waals surface area contributed by atoms with Gasteiger partial charge < -0.3 is 9.47 Å². The van der Waals surface area contributed by atoms with Crippen LogP contribution in [-0.2, 0) is 9.47 Å². The van der Waals surface area contributed by atoms with Gasteiger partial charge >= 0.3 is 0 Å². The highest BCUT2D eigenvalue weighted by Gasteiger charge is 2.48. The molecule has 0 saturated carbocycles. The lowest BCUT2D eigenvalue weighted by Gasteiger charge is -2.31. The van der Waals surface area contributed by atoms with Gasteiger partial charge in [0.25, 0.3) is 0 Å². The molecule has 0 amide bonds. The van der Waals surface area contributed by atoms with Gasteiger partial charge in [0.15, 0.2) is 6.29 Å². The zero-order chi connectivity index (χ0) is 10.9. The smallest absolute Gasteiger partial charge is 0.161 e. The molecule has 1 heterocycles. The Morgan fingerprint density at radius 2 is 1.86 bits per heavy atom. The molecule has 0 unspecified atom stereocenters. The van der Waals surface area contributed by atoms with E-state index in [1.165, 1.54) is 0 Å². The molecule has 1 rings (SSSR count). The second kappa shape index (κ2) is 4.03. The second-order valence-corrected chi connectivity index (χ2v) is 4.72. The number of rotatable bonds is 3. The first-order chi connectivity index (χ1) is 6.44. The zero-order valence-corrected chi connectivity index (χ0v) is 9.91. The summed E-state index contributed by atoms with van der Waals surface area (Å²) in [6.45, 7) is 14.4. The van der Waals surface area contributed by atoms with Gasteiger partial charge in [-0.3, -0.25) is 0 Å². The van der Waals surface area contributed by atoms with Crippen LogP contribution < -0.4 is 0 Å². The van der Waals surface area contributed by atoms with Crippen LogP contribution >= 0.6 is 0 Å². The fourth-order valence-electron chi connectivity index (χ4n) is 1.98. The van der Waals surface area contributed by atoms with Crippen molar-refractivity contribution in [1.82, 2.24) is 0 Å². The van der Waals surface area contributed by atoms with Gasteiger partial charge in [-0.05, 0) is 12.8 Å². The van der Waals surface area contributed by atoms with Gasteiger partial charge in [-0.2, -0.15) is 0 Å². The average Bonchev–Trinajstić information content (AvgIpc) is 2.44. The van der Waals surface area contributed by atoms with Gasteiger partial charge in [0.05, 0.1) is 6.10 Å². The Bertz CT molecular complexity index is 210. The summed E-state index contributed by atoms with van der Waals surface area (Å²) in [5.74, 6) is 0.775. The van der Waals surface area contributed by atoms with E-state index in [0.717, 1.165) is 0 Å². The molecule has 0 aromatic carbocycles. The van der Waals surface area contributed by atoms with Crippen molar-refractivity contribution in [3.05, 3.63) is 12.7 Å². The maximum Gasteiger partial charge on any atom is 0.161 e. The molecular formula is C12H22O2. The predicted octanol–water partition coefficient (Wildman–Crippen LogP) is 2.98. The van der Waals surface area contributed by atoms with Gasteiger partial charge in [0, 0.05) is 5.92 Å². The molecule has 0 spiro atoms. The van der Waals surface area contributed by atoms with Crippen molar-refractivity contribution in [2.24, 2.45) is 11.8 Å². The number of hydrogen-bond donors (Lipinski definition) is 0.